The molecule has 1 atom stereocenters. The van der Waals surface area contributed by atoms with E-state index in [0.717, 1.165) is 49.1 Å². The molecule has 2 aromatic rings. The highest BCUT2D eigenvalue weighted by Gasteiger charge is 2.28. The second-order valence-corrected chi connectivity index (χ2v) is 7.54. The molecule has 1 aromatic heterocycles. The molecule has 6 nitrogen and oxygen atoms in total. The number of hydrogen-bond acceptors (Lipinski definition) is 6. The Hall–Kier alpha value is -1.86. The number of ketones is 1. The molecule has 2 fully saturated rings. The van der Waals surface area contributed by atoms with Gasteiger partial charge < -0.3 is 9.64 Å². The molecular formula is C18H22N4O2S. The molecule has 1 aliphatic carbocycles. The fourth-order valence-electron chi connectivity index (χ4n) is 3.31. The van der Waals surface area contributed by atoms with E-state index in [9.17, 15) is 4.79 Å². The van der Waals surface area contributed by atoms with Crippen LogP contribution in [0.25, 0.3) is 5.69 Å². The van der Waals surface area contributed by atoms with Crippen molar-refractivity contribution in [2.75, 3.05) is 31.2 Å². The first kappa shape index (κ1) is 16.6. The maximum atomic E-state index is 12.2. The van der Waals surface area contributed by atoms with E-state index in [1.165, 1.54) is 0 Å². The van der Waals surface area contributed by atoms with Crippen LogP contribution in [-0.2, 0) is 9.53 Å². The van der Waals surface area contributed by atoms with Crippen molar-refractivity contribution in [1.29, 1.82) is 0 Å². The quantitative estimate of drug-likeness (QED) is 0.837. The van der Waals surface area contributed by atoms with Gasteiger partial charge in [0.25, 0.3) is 0 Å². The molecule has 4 rings (SSSR count). The highest BCUT2D eigenvalue weighted by atomic mass is 32.2. The minimum Gasteiger partial charge on any atom is -0.378 e. The van der Waals surface area contributed by atoms with Gasteiger partial charge in [-0.3, -0.25) is 9.36 Å². The normalized spacial score (nSPS) is 21.5. The van der Waals surface area contributed by atoms with E-state index in [0.29, 0.717) is 25.4 Å². The molecule has 2 heterocycles. The largest absolute Gasteiger partial charge is 0.378 e. The maximum Gasteiger partial charge on any atom is 0.232 e. The van der Waals surface area contributed by atoms with E-state index < -0.39 is 0 Å². The van der Waals surface area contributed by atoms with Gasteiger partial charge in [-0.25, -0.2) is 0 Å². The van der Waals surface area contributed by atoms with Crippen molar-refractivity contribution in [1.82, 2.24) is 14.8 Å². The van der Waals surface area contributed by atoms with Crippen LogP contribution in [0.3, 0.4) is 0 Å². The van der Waals surface area contributed by atoms with Crippen molar-refractivity contribution in [3.8, 4) is 5.69 Å². The topological polar surface area (TPSA) is 60.3 Å². The van der Waals surface area contributed by atoms with E-state index in [4.69, 9.17) is 4.74 Å². The lowest BCUT2D eigenvalue weighted by Gasteiger charge is -2.28. The Morgan fingerprint density at radius 2 is 1.88 bits per heavy atom. The highest BCUT2D eigenvalue weighted by molar-refractivity contribution is 8.00. The number of rotatable bonds is 4. The first-order valence-corrected chi connectivity index (χ1v) is 9.74. The van der Waals surface area contributed by atoms with E-state index >= 15 is 0 Å². The fraction of sp³-hybridized carbons (Fsp3) is 0.500. The van der Waals surface area contributed by atoms with Crippen molar-refractivity contribution in [2.45, 2.75) is 36.1 Å². The summed E-state index contributed by atoms with van der Waals surface area (Å²) in [6.07, 6.45) is 3.74. The average molecular weight is 358 g/mol. The molecule has 1 aromatic carbocycles. The predicted octanol–water partition coefficient (Wildman–Crippen LogP) is 2.71. The van der Waals surface area contributed by atoms with Crippen LogP contribution < -0.4 is 4.90 Å². The van der Waals surface area contributed by atoms with Crippen molar-refractivity contribution in [3.63, 3.8) is 0 Å². The Bertz CT molecular complexity index is 728. The van der Waals surface area contributed by atoms with Gasteiger partial charge in [0.2, 0.25) is 5.95 Å². The number of anilines is 1. The van der Waals surface area contributed by atoms with Crippen LogP contribution in [0.15, 0.2) is 35.5 Å². The smallest absolute Gasteiger partial charge is 0.232 e. The average Bonchev–Trinajstić information content (AvgIpc) is 3.09. The van der Waals surface area contributed by atoms with Gasteiger partial charge in [-0.15, -0.1) is 10.2 Å². The van der Waals surface area contributed by atoms with Gasteiger partial charge >= 0.3 is 0 Å². The molecule has 7 heteroatoms. The number of nitrogens with zero attached hydrogens (tertiary/aromatic N) is 4. The summed E-state index contributed by atoms with van der Waals surface area (Å²) in [5.41, 5.74) is 1.03. The third-order valence-corrected chi connectivity index (χ3v) is 5.93. The minimum atomic E-state index is -0.00190. The summed E-state index contributed by atoms with van der Waals surface area (Å²) in [5, 5.41) is 9.69. The predicted molar refractivity (Wildman–Crippen MR) is 97.5 cm³/mol. The van der Waals surface area contributed by atoms with Gasteiger partial charge in [-0.05, 0) is 25.0 Å². The van der Waals surface area contributed by atoms with Gasteiger partial charge in [-0.1, -0.05) is 36.4 Å². The zero-order chi connectivity index (χ0) is 17.1. The maximum absolute atomic E-state index is 12.2. The number of carbonyl (C=O) groups is 1. The first-order chi connectivity index (χ1) is 12.3. The Morgan fingerprint density at radius 3 is 2.64 bits per heavy atom. The second-order valence-electron chi connectivity index (χ2n) is 6.37. The molecule has 0 unspecified atom stereocenters. The van der Waals surface area contributed by atoms with Crippen molar-refractivity contribution in [3.05, 3.63) is 30.3 Å². The molecule has 0 spiro atoms. The Labute approximate surface area is 151 Å². The van der Waals surface area contributed by atoms with Gasteiger partial charge in [0.1, 0.15) is 5.78 Å². The summed E-state index contributed by atoms with van der Waals surface area (Å²) < 4.78 is 7.54. The lowest BCUT2D eigenvalue weighted by molar-refractivity contribution is -0.119. The second kappa shape index (κ2) is 7.58. The summed E-state index contributed by atoms with van der Waals surface area (Å²) in [7, 11) is 0. The van der Waals surface area contributed by atoms with Crippen LogP contribution >= 0.6 is 11.8 Å². The lowest BCUT2D eigenvalue weighted by Crippen LogP contribution is -2.37. The first-order valence-electron chi connectivity index (χ1n) is 8.86. The highest BCUT2D eigenvalue weighted by Crippen LogP contribution is 2.34. The van der Waals surface area contributed by atoms with Gasteiger partial charge in [0.15, 0.2) is 5.16 Å². The van der Waals surface area contributed by atoms with Crippen LogP contribution in [0, 0.1) is 0 Å². The van der Waals surface area contributed by atoms with Crippen molar-refractivity contribution in [2.24, 2.45) is 0 Å². The summed E-state index contributed by atoms with van der Waals surface area (Å²) in [5.74, 6) is 1.17. The minimum absolute atomic E-state index is 0.00190. The van der Waals surface area contributed by atoms with E-state index in [2.05, 4.69) is 31.8 Å². The molecule has 1 aliphatic heterocycles. The monoisotopic (exact) mass is 358 g/mol. The zero-order valence-electron chi connectivity index (χ0n) is 14.1. The summed E-state index contributed by atoms with van der Waals surface area (Å²) in [6, 6.07) is 10.1. The van der Waals surface area contributed by atoms with Gasteiger partial charge in [-0.2, -0.15) is 0 Å². The molecule has 2 aliphatic rings. The number of thioether (sulfide) groups is 1. The van der Waals surface area contributed by atoms with E-state index in [1.54, 1.807) is 11.8 Å². The third kappa shape index (κ3) is 3.57. The summed E-state index contributed by atoms with van der Waals surface area (Å²) >= 11 is 1.56. The number of ether oxygens (including phenoxy) is 1. The van der Waals surface area contributed by atoms with Crippen LogP contribution in [0.5, 0.6) is 0 Å². The van der Waals surface area contributed by atoms with E-state index in [-0.39, 0.29) is 5.25 Å². The van der Waals surface area contributed by atoms with Gasteiger partial charge in [0.05, 0.1) is 24.2 Å². The summed E-state index contributed by atoms with van der Waals surface area (Å²) in [6.45, 7) is 3.01. The number of para-hydroxylation sites is 1. The third-order valence-electron chi connectivity index (χ3n) is 4.67. The Balaban J connectivity index is 1.68. The molecule has 0 N–H and O–H groups in total. The molecule has 1 saturated carbocycles. The van der Waals surface area contributed by atoms with Crippen LogP contribution in [-0.4, -0.2) is 52.1 Å². The van der Waals surface area contributed by atoms with Crippen molar-refractivity contribution >= 4 is 23.5 Å². The SMILES string of the molecule is O=C1CCCC[C@@H]1Sc1nnc(N2CCOCC2)n1-c1ccccc1. The molecule has 132 valence electrons. The molecule has 25 heavy (non-hydrogen) atoms. The van der Waals surface area contributed by atoms with Crippen LogP contribution in [0.4, 0.5) is 5.95 Å². The lowest BCUT2D eigenvalue weighted by atomic mass is 9.99. The molecule has 0 bridgehead atoms. The number of morpholine rings is 1. The molecule has 0 amide bonds. The zero-order valence-corrected chi connectivity index (χ0v) is 15.0. The molecule has 0 radical (unpaired) electrons. The number of aromatic nitrogens is 3. The molecule has 1 saturated heterocycles. The molecular weight excluding hydrogens is 336 g/mol. The number of benzene rings is 1. The summed E-state index contributed by atoms with van der Waals surface area (Å²) in [4.78, 5) is 14.5. The number of carbonyl (C=O) groups excluding carboxylic acids is 1. The van der Waals surface area contributed by atoms with Gasteiger partial charge in [0, 0.05) is 19.5 Å². The van der Waals surface area contributed by atoms with E-state index in [1.807, 2.05) is 18.2 Å². The standard InChI is InChI=1S/C18H22N4O2S/c23-15-8-4-5-9-16(15)25-18-20-19-17(21-10-12-24-13-11-21)22(18)14-6-2-1-3-7-14/h1-3,6-7,16H,4-5,8-13H2/t16-/m0/s1. The fourth-order valence-corrected chi connectivity index (χ4v) is 4.48. The van der Waals surface area contributed by atoms with Crippen LogP contribution in [0.2, 0.25) is 0 Å². The Morgan fingerprint density at radius 1 is 1.08 bits per heavy atom. The number of hydrogen-bond donors (Lipinski definition) is 0. The Kier molecular flexibility index (Phi) is 5.03. The van der Waals surface area contributed by atoms with Crippen molar-refractivity contribution < 1.29 is 9.53 Å². The van der Waals surface area contributed by atoms with Crippen LogP contribution in [0.1, 0.15) is 25.7 Å². The number of Topliss-reactive ketones (excluding diaryl/α,β-unsaturated/α-hetero) is 1.